The van der Waals surface area contributed by atoms with E-state index in [1.807, 2.05) is 0 Å². The molecule has 0 unspecified atom stereocenters. The van der Waals surface area contributed by atoms with E-state index in [4.69, 9.17) is 4.74 Å². The van der Waals surface area contributed by atoms with Gasteiger partial charge in [-0.15, -0.1) is 11.3 Å². The largest absolute Gasteiger partial charge is 0.378 e. The fourth-order valence-electron chi connectivity index (χ4n) is 1.53. The first-order chi connectivity index (χ1) is 7.62. The van der Waals surface area contributed by atoms with Crippen LogP contribution in [0.4, 0.5) is 8.78 Å². The lowest BCUT2D eigenvalue weighted by molar-refractivity contribution is -0.162. The van der Waals surface area contributed by atoms with E-state index in [2.05, 4.69) is 0 Å². The van der Waals surface area contributed by atoms with E-state index in [0.29, 0.717) is 13.2 Å². The molecule has 1 aromatic heterocycles. The van der Waals surface area contributed by atoms with Gasteiger partial charge in [-0.2, -0.15) is 8.78 Å². The molecule has 0 aliphatic carbocycles. The van der Waals surface area contributed by atoms with Crippen molar-refractivity contribution >= 4 is 17.2 Å². The smallest absolute Gasteiger partial charge is 0.358 e. The number of carbonyl (C=O) groups is 1. The number of hydrogen-bond donors (Lipinski definition) is 0. The minimum Gasteiger partial charge on any atom is -0.378 e. The molecule has 2 rings (SSSR count). The molecule has 0 N–H and O–H groups in total. The van der Waals surface area contributed by atoms with Gasteiger partial charge in [-0.1, -0.05) is 6.07 Å². The molecule has 1 aliphatic heterocycles. The minimum absolute atomic E-state index is 0.205. The van der Waals surface area contributed by atoms with E-state index < -0.39 is 11.8 Å². The Balaban J connectivity index is 2.13. The first-order valence-electron chi connectivity index (χ1n) is 4.91. The average Bonchev–Trinajstić information content (AvgIpc) is 2.83. The quantitative estimate of drug-likeness (QED) is 0.796. The molecule has 0 aromatic carbocycles. The first kappa shape index (κ1) is 11.5. The topological polar surface area (TPSA) is 29.5 Å². The zero-order chi connectivity index (χ0) is 11.6. The molecule has 1 amide bonds. The first-order valence-corrected chi connectivity index (χ1v) is 5.79. The number of thiophene rings is 1. The second-order valence-electron chi connectivity index (χ2n) is 3.46. The molecule has 0 spiro atoms. The van der Waals surface area contributed by atoms with Gasteiger partial charge in [0.15, 0.2) is 0 Å². The van der Waals surface area contributed by atoms with Crippen molar-refractivity contribution in [2.45, 2.75) is 5.92 Å². The summed E-state index contributed by atoms with van der Waals surface area (Å²) in [7, 11) is 0. The third kappa shape index (κ3) is 2.08. The monoisotopic (exact) mass is 247 g/mol. The molecule has 3 nitrogen and oxygen atoms in total. The van der Waals surface area contributed by atoms with Crippen LogP contribution in [0.1, 0.15) is 4.88 Å². The Hall–Kier alpha value is -1.01. The number of nitrogens with zero attached hydrogens (tertiary/aromatic N) is 1. The predicted molar refractivity (Wildman–Crippen MR) is 55.6 cm³/mol. The van der Waals surface area contributed by atoms with Crippen molar-refractivity contribution in [3.8, 4) is 0 Å². The van der Waals surface area contributed by atoms with Gasteiger partial charge in [0.25, 0.3) is 5.91 Å². The van der Waals surface area contributed by atoms with E-state index in [0.717, 1.165) is 16.2 Å². The maximum Gasteiger partial charge on any atom is 0.358 e. The Kier molecular flexibility index (Phi) is 3.20. The van der Waals surface area contributed by atoms with Gasteiger partial charge in [-0.05, 0) is 11.4 Å². The van der Waals surface area contributed by atoms with Gasteiger partial charge in [-0.3, -0.25) is 4.79 Å². The summed E-state index contributed by atoms with van der Waals surface area (Å²) < 4.78 is 32.5. The third-order valence-corrected chi connectivity index (χ3v) is 3.34. The fourth-order valence-corrected chi connectivity index (χ4v) is 2.22. The van der Waals surface area contributed by atoms with E-state index in [-0.39, 0.29) is 18.0 Å². The van der Waals surface area contributed by atoms with Crippen LogP contribution < -0.4 is 0 Å². The lowest BCUT2D eigenvalue weighted by Gasteiger charge is -2.29. The number of alkyl halides is 2. The van der Waals surface area contributed by atoms with Crippen LogP contribution >= 0.6 is 11.3 Å². The van der Waals surface area contributed by atoms with Crippen molar-refractivity contribution in [1.29, 1.82) is 0 Å². The van der Waals surface area contributed by atoms with Crippen LogP contribution in [0.25, 0.3) is 0 Å². The van der Waals surface area contributed by atoms with Gasteiger partial charge in [0, 0.05) is 13.1 Å². The highest BCUT2D eigenvalue weighted by Gasteiger charge is 2.45. The second kappa shape index (κ2) is 4.47. The Morgan fingerprint density at radius 1 is 1.44 bits per heavy atom. The number of rotatable bonds is 2. The highest BCUT2D eigenvalue weighted by molar-refractivity contribution is 7.10. The number of morpholine rings is 1. The SMILES string of the molecule is O=C(N1CCOCC1)C(F)(F)c1cccs1. The number of ether oxygens (including phenoxy) is 1. The molecule has 1 aliphatic rings. The standard InChI is InChI=1S/C10H11F2NO2S/c11-10(12,8-2-1-7-16-8)9(14)13-3-5-15-6-4-13/h1-2,7H,3-6H2. The van der Waals surface area contributed by atoms with Crippen LogP contribution in [0.15, 0.2) is 17.5 Å². The summed E-state index contributed by atoms with van der Waals surface area (Å²) in [5, 5.41) is 1.54. The van der Waals surface area contributed by atoms with Crippen LogP contribution in [-0.4, -0.2) is 37.1 Å². The van der Waals surface area contributed by atoms with Crippen molar-refractivity contribution in [1.82, 2.24) is 4.90 Å². The zero-order valence-electron chi connectivity index (χ0n) is 8.49. The van der Waals surface area contributed by atoms with Crippen LogP contribution in [0.2, 0.25) is 0 Å². The molecule has 1 aromatic rings. The van der Waals surface area contributed by atoms with E-state index in [9.17, 15) is 13.6 Å². The van der Waals surface area contributed by atoms with Crippen LogP contribution in [0.3, 0.4) is 0 Å². The summed E-state index contributed by atoms with van der Waals surface area (Å²) in [6, 6.07) is 2.80. The molecule has 1 fully saturated rings. The zero-order valence-corrected chi connectivity index (χ0v) is 9.30. The molecule has 0 atom stereocenters. The van der Waals surface area contributed by atoms with Crippen LogP contribution in [0, 0.1) is 0 Å². The molecule has 1 saturated heterocycles. The minimum atomic E-state index is -3.41. The number of amides is 1. The summed E-state index contributed by atoms with van der Waals surface area (Å²) in [5.74, 6) is -4.54. The summed E-state index contributed by atoms with van der Waals surface area (Å²) in [4.78, 5) is 12.6. The fraction of sp³-hybridized carbons (Fsp3) is 0.500. The maximum atomic E-state index is 13.7. The highest BCUT2D eigenvalue weighted by atomic mass is 32.1. The van der Waals surface area contributed by atoms with Crippen molar-refractivity contribution in [2.75, 3.05) is 26.3 Å². The van der Waals surface area contributed by atoms with Crippen molar-refractivity contribution in [2.24, 2.45) is 0 Å². The van der Waals surface area contributed by atoms with E-state index >= 15 is 0 Å². The highest BCUT2D eigenvalue weighted by Crippen LogP contribution is 2.33. The Bertz CT molecular complexity index is 361. The molecular weight excluding hydrogens is 236 g/mol. The summed E-state index contributed by atoms with van der Waals surface area (Å²) in [6.45, 7) is 1.12. The lowest BCUT2D eigenvalue weighted by atomic mass is 10.2. The van der Waals surface area contributed by atoms with Gasteiger partial charge >= 0.3 is 5.92 Å². The van der Waals surface area contributed by atoms with Gasteiger partial charge in [0.2, 0.25) is 0 Å². The summed E-state index contributed by atoms with van der Waals surface area (Å²) >= 11 is 0.893. The Morgan fingerprint density at radius 3 is 2.69 bits per heavy atom. The molecule has 0 saturated carbocycles. The summed E-state index contributed by atoms with van der Waals surface area (Å²) in [6.07, 6.45) is 0. The van der Waals surface area contributed by atoms with Crippen LogP contribution in [0.5, 0.6) is 0 Å². The molecule has 2 heterocycles. The van der Waals surface area contributed by atoms with Crippen molar-refractivity contribution < 1.29 is 18.3 Å². The second-order valence-corrected chi connectivity index (χ2v) is 4.40. The van der Waals surface area contributed by atoms with E-state index in [1.54, 1.807) is 0 Å². The molecule has 88 valence electrons. The predicted octanol–water partition coefficient (Wildman–Crippen LogP) is 1.70. The average molecular weight is 247 g/mol. The molecule has 0 bridgehead atoms. The van der Waals surface area contributed by atoms with Crippen LogP contribution in [-0.2, 0) is 15.5 Å². The maximum absolute atomic E-state index is 13.7. The van der Waals surface area contributed by atoms with Gasteiger partial charge in [0.1, 0.15) is 0 Å². The lowest BCUT2D eigenvalue weighted by Crippen LogP contribution is -2.47. The molecule has 6 heteroatoms. The molecular formula is C10H11F2NO2S. The molecule has 0 radical (unpaired) electrons. The van der Waals surface area contributed by atoms with Gasteiger partial charge in [0.05, 0.1) is 18.1 Å². The molecule has 16 heavy (non-hydrogen) atoms. The Morgan fingerprint density at radius 2 is 2.12 bits per heavy atom. The van der Waals surface area contributed by atoms with Crippen molar-refractivity contribution in [3.05, 3.63) is 22.4 Å². The van der Waals surface area contributed by atoms with Gasteiger partial charge < -0.3 is 9.64 Å². The number of hydrogen-bond acceptors (Lipinski definition) is 3. The normalized spacial score (nSPS) is 17.5. The number of carbonyl (C=O) groups excluding carboxylic acids is 1. The van der Waals surface area contributed by atoms with Gasteiger partial charge in [-0.25, -0.2) is 0 Å². The van der Waals surface area contributed by atoms with Crippen molar-refractivity contribution in [3.63, 3.8) is 0 Å². The summed E-state index contributed by atoms with van der Waals surface area (Å²) in [5.41, 5.74) is 0. The number of halogens is 2. The van der Waals surface area contributed by atoms with E-state index in [1.165, 1.54) is 17.5 Å². The third-order valence-electron chi connectivity index (χ3n) is 2.40. The Labute approximate surface area is 95.6 Å².